The number of hydrogen-bond donors (Lipinski definition) is 2. The third kappa shape index (κ3) is 1.52. The van der Waals surface area contributed by atoms with Gasteiger partial charge in [-0.15, -0.1) is 0 Å². The summed E-state index contributed by atoms with van der Waals surface area (Å²) in [5.41, 5.74) is 1.22. The van der Waals surface area contributed by atoms with E-state index in [1.165, 1.54) is 17.1 Å². The molecule has 6 heteroatoms. The Balaban J connectivity index is 2.48. The lowest BCUT2D eigenvalue weighted by Crippen LogP contribution is -1.96. The number of aromatic nitrogens is 4. The van der Waals surface area contributed by atoms with Crippen LogP contribution in [0.4, 0.5) is 0 Å². The molecule has 0 aliphatic rings. The average molecular weight is 204 g/mol. The van der Waals surface area contributed by atoms with Crippen molar-refractivity contribution in [1.82, 2.24) is 20.0 Å². The van der Waals surface area contributed by atoms with Gasteiger partial charge in [-0.2, -0.15) is 10.2 Å². The van der Waals surface area contributed by atoms with Gasteiger partial charge in [0.1, 0.15) is 5.56 Å². The number of carboxylic acid groups (broad SMARTS) is 1. The standard InChI is InChI=1S/C9H8N4O2/c1-2-13-5-6(3-11-13)8-7(9(14)15)4-10-12-8/h2-5H,1H2,(H,10,12)(H,14,15). The van der Waals surface area contributed by atoms with Gasteiger partial charge in [0.15, 0.2) is 0 Å². The number of carboxylic acids is 1. The smallest absolute Gasteiger partial charge is 0.339 e. The van der Waals surface area contributed by atoms with Crippen LogP contribution in [0.15, 0.2) is 25.2 Å². The van der Waals surface area contributed by atoms with Crippen molar-refractivity contribution in [1.29, 1.82) is 0 Å². The van der Waals surface area contributed by atoms with Crippen LogP contribution in [-0.2, 0) is 0 Å². The summed E-state index contributed by atoms with van der Waals surface area (Å²) in [7, 11) is 0. The molecule has 0 aliphatic heterocycles. The van der Waals surface area contributed by atoms with E-state index in [2.05, 4.69) is 21.9 Å². The molecular weight excluding hydrogens is 196 g/mol. The zero-order valence-corrected chi connectivity index (χ0v) is 7.71. The molecule has 0 aromatic carbocycles. The maximum Gasteiger partial charge on any atom is 0.339 e. The monoisotopic (exact) mass is 204 g/mol. The van der Waals surface area contributed by atoms with E-state index in [-0.39, 0.29) is 5.56 Å². The lowest BCUT2D eigenvalue weighted by molar-refractivity contribution is 0.0698. The van der Waals surface area contributed by atoms with Crippen LogP contribution < -0.4 is 0 Å². The quantitative estimate of drug-likeness (QED) is 0.783. The van der Waals surface area contributed by atoms with Crippen molar-refractivity contribution in [3.8, 4) is 11.3 Å². The minimum Gasteiger partial charge on any atom is -0.478 e. The van der Waals surface area contributed by atoms with Gasteiger partial charge in [0, 0.05) is 18.0 Å². The van der Waals surface area contributed by atoms with Crippen LogP contribution in [0.1, 0.15) is 10.4 Å². The normalized spacial score (nSPS) is 10.1. The number of nitrogens with one attached hydrogen (secondary N) is 1. The lowest BCUT2D eigenvalue weighted by Gasteiger charge is -1.93. The zero-order valence-electron chi connectivity index (χ0n) is 7.71. The molecule has 0 radical (unpaired) electrons. The number of carbonyl (C=O) groups is 1. The molecule has 6 nitrogen and oxygen atoms in total. The fourth-order valence-corrected chi connectivity index (χ4v) is 1.24. The number of aromatic amines is 1. The number of hydrogen-bond acceptors (Lipinski definition) is 3. The van der Waals surface area contributed by atoms with Crippen molar-refractivity contribution in [2.75, 3.05) is 0 Å². The summed E-state index contributed by atoms with van der Waals surface area (Å²) < 4.78 is 1.49. The fourth-order valence-electron chi connectivity index (χ4n) is 1.24. The molecule has 0 spiro atoms. The van der Waals surface area contributed by atoms with E-state index in [0.717, 1.165) is 0 Å². The Hall–Kier alpha value is -2.37. The van der Waals surface area contributed by atoms with Crippen LogP contribution in [0.25, 0.3) is 17.5 Å². The molecular formula is C9H8N4O2. The Morgan fingerprint density at radius 1 is 1.60 bits per heavy atom. The van der Waals surface area contributed by atoms with E-state index in [1.54, 1.807) is 12.4 Å². The van der Waals surface area contributed by atoms with Crippen molar-refractivity contribution in [2.45, 2.75) is 0 Å². The third-order valence-corrected chi connectivity index (χ3v) is 1.95. The van der Waals surface area contributed by atoms with Gasteiger partial charge >= 0.3 is 5.97 Å². The van der Waals surface area contributed by atoms with Gasteiger partial charge in [-0.1, -0.05) is 6.58 Å². The van der Waals surface area contributed by atoms with Crippen LogP contribution in [0.2, 0.25) is 0 Å². The SMILES string of the molecule is C=Cn1cc(-c2[nH]ncc2C(=O)O)cn1. The van der Waals surface area contributed by atoms with Crippen molar-refractivity contribution >= 4 is 12.2 Å². The van der Waals surface area contributed by atoms with E-state index in [9.17, 15) is 4.79 Å². The van der Waals surface area contributed by atoms with Gasteiger partial charge in [-0.05, 0) is 0 Å². The molecule has 0 atom stereocenters. The second-order valence-electron chi connectivity index (χ2n) is 2.86. The van der Waals surface area contributed by atoms with Crippen molar-refractivity contribution in [3.05, 3.63) is 30.7 Å². The molecule has 0 fully saturated rings. The van der Waals surface area contributed by atoms with Crippen LogP contribution in [0.5, 0.6) is 0 Å². The molecule has 0 saturated heterocycles. The van der Waals surface area contributed by atoms with E-state index < -0.39 is 5.97 Å². The summed E-state index contributed by atoms with van der Waals surface area (Å²) in [6.45, 7) is 3.54. The zero-order chi connectivity index (χ0) is 10.8. The Bertz CT molecular complexity index is 512. The number of nitrogens with zero attached hydrogens (tertiary/aromatic N) is 3. The van der Waals surface area contributed by atoms with Crippen molar-refractivity contribution < 1.29 is 9.90 Å². The summed E-state index contributed by atoms with van der Waals surface area (Å²) in [5.74, 6) is -1.02. The minimum absolute atomic E-state index is 0.124. The second kappa shape index (κ2) is 3.41. The highest BCUT2D eigenvalue weighted by atomic mass is 16.4. The predicted octanol–water partition coefficient (Wildman–Crippen LogP) is 1.07. The minimum atomic E-state index is -1.02. The predicted molar refractivity (Wildman–Crippen MR) is 53.2 cm³/mol. The van der Waals surface area contributed by atoms with Crippen LogP contribution in [-0.4, -0.2) is 31.1 Å². The van der Waals surface area contributed by atoms with Gasteiger partial charge in [-0.25, -0.2) is 9.48 Å². The average Bonchev–Trinajstić information content (AvgIpc) is 2.85. The summed E-state index contributed by atoms with van der Waals surface area (Å²) in [4.78, 5) is 10.8. The first-order chi connectivity index (χ1) is 7.22. The van der Waals surface area contributed by atoms with E-state index in [0.29, 0.717) is 11.3 Å². The molecule has 2 N–H and O–H groups in total. The van der Waals surface area contributed by atoms with Gasteiger partial charge in [0.05, 0.1) is 18.1 Å². The van der Waals surface area contributed by atoms with Gasteiger partial charge < -0.3 is 5.11 Å². The molecule has 2 rings (SSSR count). The fraction of sp³-hybridized carbons (Fsp3) is 0. The van der Waals surface area contributed by atoms with E-state index >= 15 is 0 Å². The summed E-state index contributed by atoms with van der Waals surface area (Å²) in [6.07, 6.45) is 5.98. The molecule has 76 valence electrons. The number of aromatic carboxylic acids is 1. The molecule has 15 heavy (non-hydrogen) atoms. The molecule has 0 aliphatic carbocycles. The highest BCUT2D eigenvalue weighted by Crippen LogP contribution is 2.20. The maximum absolute atomic E-state index is 10.8. The largest absolute Gasteiger partial charge is 0.478 e. The molecule has 0 saturated carbocycles. The molecule has 0 amide bonds. The summed E-state index contributed by atoms with van der Waals surface area (Å²) >= 11 is 0. The molecule has 2 heterocycles. The topological polar surface area (TPSA) is 83.8 Å². The van der Waals surface area contributed by atoms with Crippen LogP contribution in [0.3, 0.4) is 0 Å². The first-order valence-corrected chi connectivity index (χ1v) is 4.16. The molecule has 2 aromatic heterocycles. The van der Waals surface area contributed by atoms with Gasteiger partial charge in [-0.3, -0.25) is 5.10 Å². The first-order valence-electron chi connectivity index (χ1n) is 4.16. The molecule has 2 aromatic rings. The van der Waals surface area contributed by atoms with Crippen LogP contribution in [0, 0.1) is 0 Å². The van der Waals surface area contributed by atoms with Gasteiger partial charge in [0.25, 0.3) is 0 Å². The van der Waals surface area contributed by atoms with Gasteiger partial charge in [0.2, 0.25) is 0 Å². The second-order valence-corrected chi connectivity index (χ2v) is 2.86. The number of H-pyrrole nitrogens is 1. The highest BCUT2D eigenvalue weighted by Gasteiger charge is 2.14. The Morgan fingerprint density at radius 2 is 2.40 bits per heavy atom. The van der Waals surface area contributed by atoms with E-state index in [1.807, 2.05) is 0 Å². The Morgan fingerprint density at radius 3 is 3.00 bits per heavy atom. The number of rotatable bonds is 3. The maximum atomic E-state index is 10.8. The summed E-state index contributed by atoms with van der Waals surface area (Å²) in [5, 5.41) is 19.1. The Labute approximate surface area is 84.9 Å². The molecule has 0 bridgehead atoms. The molecule has 0 unspecified atom stereocenters. The Kier molecular flexibility index (Phi) is 2.09. The van der Waals surface area contributed by atoms with E-state index in [4.69, 9.17) is 5.11 Å². The van der Waals surface area contributed by atoms with Crippen molar-refractivity contribution in [3.63, 3.8) is 0 Å². The highest BCUT2D eigenvalue weighted by molar-refractivity contribution is 5.94. The van der Waals surface area contributed by atoms with Crippen LogP contribution >= 0.6 is 0 Å². The summed E-state index contributed by atoms with van der Waals surface area (Å²) in [6, 6.07) is 0. The first kappa shape index (κ1) is 9.20. The van der Waals surface area contributed by atoms with Crippen molar-refractivity contribution in [2.24, 2.45) is 0 Å². The third-order valence-electron chi connectivity index (χ3n) is 1.95. The lowest BCUT2D eigenvalue weighted by atomic mass is 10.2.